The van der Waals surface area contributed by atoms with Gasteiger partial charge < -0.3 is 15.3 Å². The minimum atomic E-state index is -0.862. The van der Waals surface area contributed by atoms with E-state index in [1.54, 1.807) is 28.2 Å². The third-order valence-corrected chi connectivity index (χ3v) is 6.25. The van der Waals surface area contributed by atoms with Crippen LogP contribution in [0.1, 0.15) is 45.7 Å². The first-order valence-corrected chi connectivity index (χ1v) is 10.5. The summed E-state index contributed by atoms with van der Waals surface area (Å²) in [6, 6.07) is 1.96. The molecule has 31 heavy (non-hydrogen) atoms. The Labute approximate surface area is 181 Å². The van der Waals surface area contributed by atoms with E-state index in [4.69, 9.17) is 4.98 Å². The predicted octanol–water partition coefficient (Wildman–Crippen LogP) is 2.96. The summed E-state index contributed by atoms with van der Waals surface area (Å²) in [4.78, 5) is 25.0. The molecule has 0 radical (unpaired) electrons. The predicted molar refractivity (Wildman–Crippen MR) is 115 cm³/mol. The second-order valence-corrected chi connectivity index (χ2v) is 9.34. The van der Waals surface area contributed by atoms with E-state index in [0.717, 1.165) is 25.8 Å². The Morgan fingerprint density at radius 3 is 2.71 bits per heavy atom. The molecule has 2 fully saturated rings. The van der Waals surface area contributed by atoms with Gasteiger partial charge in [0.15, 0.2) is 11.5 Å². The summed E-state index contributed by atoms with van der Waals surface area (Å²) in [5, 5.41) is 26.7. The monoisotopic (exact) mass is 424 g/mol. The van der Waals surface area contributed by atoms with Crippen LogP contribution in [-0.4, -0.2) is 60.5 Å². The van der Waals surface area contributed by atoms with E-state index < -0.39 is 6.09 Å². The summed E-state index contributed by atoms with van der Waals surface area (Å²) >= 11 is 0. The molecule has 10 heteroatoms. The van der Waals surface area contributed by atoms with Gasteiger partial charge in [0.1, 0.15) is 11.9 Å². The van der Waals surface area contributed by atoms with Crippen molar-refractivity contribution in [1.82, 2.24) is 24.6 Å². The van der Waals surface area contributed by atoms with Gasteiger partial charge in [-0.3, -0.25) is 9.58 Å². The number of aromatic nitrogens is 4. The Morgan fingerprint density at radius 1 is 1.32 bits per heavy atom. The van der Waals surface area contributed by atoms with Crippen LogP contribution in [0.15, 0.2) is 18.6 Å². The highest BCUT2D eigenvalue weighted by Crippen LogP contribution is 2.42. The van der Waals surface area contributed by atoms with Gasteiger partial charge in [0.05, 0.1) is 30.2 Å². The van der Waals surface area contributed by atoms with Crippen molar-refractivity contribution in [2.75, 3.05) is 16.8 Å². The fourth-order valence-electron chi connectivity index (χ4n) is 4.86. The largest absolute Gasteiger partial charge is 0.465 e. The molecule has 2 aromatic rings. The lowest BCUT2D eigenvalue weighted by atomic mass is 9.84. The molecule has 3 atom stereocenters. The van der Waals surface area contributed by atoms with Crippen molar-refractivity contribution in [1.29, 1.82) is 5.26 Å². The zero-order valence-electron chi connectivity index (χ0n) is 18.3. The van der Waals surface area contributed by atoms with Crippen LogP contribution in [-0.2, 0) is 7.05 Å². The van der Waals surface area contributed by atoms with Crippen LogP contribution in [0.2, 0.25) is 0 Å². The summed E-state index contributed by atoms with van der Waals surface area (Å²) < 4.78 is 1.66. The maximum atomic E-state index is 12.1. The molecular weight excluding hydrogens is 396 g/mol. The second-order valence-electron chi connectivity index (χ2n) is 9.34. The van der Waals surface area contributed by atoms with Crippen molar-refractivity contribution in [3.8, 4) is 6.07 Å². The molecule has 0 spiro atoms. The molecule has 10 nitrogen and oxygen atoms in total. The molecule has 2 aliphatic heterocycles. The van der Waals surface area contributed by atoms with Crippen LogP contribution in [0.5, 0.6) is 0 Å². The minimum absolute atomic E-state index is 0.0301. The first-order chi connectivity index (χ1) is 14.7. The lowest BCUT2D eigenvalue weighted by Gasteiger charge is -2.40. The number of likely N-dealkylation sites (tertiary alicyclic amines) is 1. The van der Waals surface area contributed by atoms with E-state index in [2.05, 4.69) is 47.1 Å². The van der Waals surface area contributed by atoms with Crippen molar-refractivity contribution in [2.45, 2.75) is 58.2 Å². The number of hydrogen-bond donors (Lipinski definition) is 2. The van der Waals surface area contributed by atoms with Gasteiger partial charge in [-0.25, -0.2) is 14.8 Å². The fourth-order valence-corrected chi connectivity index (χ4v) is 4.86. The maximum Gasteiger partial charge on any atom is 0.407 e. The van der Waals surface area contributed by atoms with Gasteiger partial charge in [0.25, 0.3) is 0 Å². The molecule has 2 saturated heterocycles. The number of amides is 1. The fraction of sp³-hybridized carbons (Fsp3) is 0.571. The Balaban J connectivity index is 1.67. The van der Waals surface area contributed by atoms with Crippen molar-refractivity contribution < 1.29 is 9.90 Å². The first-order valence-electron chi connectivity index (χ1n) is 10.5. The van der Waals surface area contributed by atoms with E-state index >= 15 is 0 Å². The average Bonchev–Trinajstić information content (AvgIpc) is 3.31. The highest BCUT2D eigenvalue weighted by atomic mass is 16.4. The van der Waals surface area contributed by atoms with Crippen molar-refractivity contribution in [2.24, 2.45) is 12.5 Å². The van der Waals surface area contributed by atoms with E-state index in [1.807, 2.05) is 7.05 Å². The van der Waals surface area contributed by atoms with Crippen LogP contribution in [0.4, 0.5) is 22.1 Å². The van der Waals surface area contributed by atoms with E-state index in [9.17, 15) is 15.2 Å². The third kappa shape index (κ3) is 3.87. The minimum Gasteiger partial charge on any atom is -0.465 e. The van der Waals surface area contributed by atoms with Crippen LogP contribution < -0.4 is 10.2 Å². The van der Waals surface area contributed by atoms with Crippen molar-refractivity contribution in [3.05, 3.63) is 24.3 Å². The van der Waals surface area contributed by atoms with E-state index in [-0.39, 0.29) is 29.2 Å². The first kappa shape index (κ1) is 20.9. The second kappa shape index (κ2) is 7.72. The number of rotatable bonds is 3. The van der Waals surface area contributed by atoms with Gasteiger partial charge in [-0.05, 0) is 24.7 Å². The molecule has 2 aliphatic rings. The number of fused-ring (bicyclic) bond motifs is 1. The van der Waals surface area contributed by atoms with Crippen LogP contribution >= 0.6 is 0 Å². The molecule has 2 N–H and O–H groups in total. The lowest BCUT2D eigenvalue weighted by Crippen LogP contribution is -2.52. The quantitative estimate of drug-likeness (QED) is 0.771. The summed E-state index contributed by atoms with van der Waals surface area (Å²) in [5.41, 5.74) is 0.755. The van der Waals surface area contributed by atoms with Crippen LogP contribution in [0.3, 0.4) is 0 Å². The Hall–Kier alpha value is -3.35. The number of hydrogen-bond acceptors (Lipinski definition) is 7. The molecule has 2 aromatic heterocycles. The standard InChI is InChI=1S/C21H28N8O2/c1-21(2,3)17-8-16-15(29(17)20(30)31)6-5-7-28(16)18-11-23-14(9-22)19(26-18)25-13-10-24-27(4)12-13/h10-12,15-17H,5-8H2,1-4H3,(H,25,26)(H,30,31). The number of nitrogens with zero attached hydrogens (tertiary/aromatic N) is 7. The third-order valence-electron chi connectivity index (χ3n) is 6.25. The van der Waals surface area contributed by atoms with Gasteiger partial charge in [-0.2, -0.15) is 10.4 Å². The van der Waals surface area contributed by atoms with Gasteiger partial charge in [0.2, 0.25) is 0 Å². The van der Waals surface area contributed by atoms with Crippen molar-refractivity contribution >= 4 is 23.4 Å². The Bertz CT molecular complexity index is 1020. The average molecular weight is 425 g/mol. The summed E-state index contributed by atoms with van der Waals surface area (Å²) in [6.07, 6.45) is 6.65. The van der Waals surface area contributed by atoms with Gasteiger partial charge >= 0.3 is 6.09 Å². The molecule has 164 valence electrons. The van der Waals surface area contributed by atoms with Gasteiger partial charge in [-0.1, -0.05) is 20.8 Å². The molecular formula is C21H28N8O2. The Kier molecular flexibility index (Phi) is 5.21. The van der Waals surface area contributed by atoms with E-state index in [1.165, 1.54) is 0 Å². The summed E-state index contributed by atoms with van der Waals surface area (Å²) in [6.45, 7) is 7.05. The maximum absolute atomic E-state index is 12.1. The number of nitriles is 1. The molecule has 4 rings (SSSR count). The zero-order valence-corrected chi connectivity index (χ0v) is 18.3. The molecule has 0 bridgehead atoms. The lowest BCUT2D eigenvalue weighted by molar-refractivity contribution is 0.0820. The highest BCUT2D eigenvalue weighted by Gasteiger charge is 2.51. The van der Waals surface area contributed by atoms with E-state index in [0.29, 0.717) is 17.3 Å². The normalized spacial score (nSPS) is 23.4. The Morgan fingerprint density at radius 2 is 2.10 bits per heavy atom. The van der Waals surface area contributed by atoms with Gasteiger partial charge in [-0.15, -0.1) is 0 Å². The van der Waals surface area contributed by atoms with Crippen LogP contribution in [0.25, 0.3) is 0 Å². The van der Waals surface area contributed by atoms with Crippen LogP contribution in [0, 0.1) is 16.7 Å². The molecule has 0 saturated carbocycles. The number of nitrogens with one attached hydrogen (secondary N) is 1. The van der Waals surface area contributed by atoms with Crippen molar-refractivity contribution in [3.63, 3.8) is 0 Å². The van der Waals surface area contributed by atoms with Gasteiger partial charge in [0, 0.05) is 25.8 Å². The molecule has 0 aromatic carbocycles. The summed E-state index contributed by atoms with van der Waals surface area (Å²) in [5.74, 6) is 1.02. The number of aryl methyl sites for hydroxylation is 1. The summed E-state index contributed by atoms with van der Waals surface area (Å²) in [7, 11) is 1.81. The smallest absolute Gasteiger partial charge is 0.407 e. The molecule has 1 amide bonds. The topological polar surface area (TPSA) is 123 Å². The number of carbonyl (C=O) groups is 1. The molecule has 0 aliphatic carbocycles. The SMILES string of the molecule is Cn1cc(Nc2nc(N3CCCC4C3CC(C(C)(C)C)N4C(=O)O)cnc2C#N)cn1. The number of carboxylic acid groups (broad SMARTS) is 1. The highest BCUT2D eigenvalue weighted by molar-refractivity contribution is 5.68. The zero-order chi connectivity index (χ0) is 22.3. The molecule has 3 unspecified atom stereocenters. The number of piperidine rings is 1. The number of anilines is 3. The molecule has 4 heterocycles.